The minimum absolute atomic E-state index is 0.276. The van der Waals surface area contributed by atoms with Crippen molar-refractivity contribution in [1.82, 2.24) is 25.5 Å². The van der Waals surface area contributed by atoms with Gasteiger partial charge in [0.15, 0.2) is 0 Å². The van der Waals surface area contributed by atoms with Crippen LogP contribution in [0.2, 0.25) is 0 Å². The van der Waals surface area contributed by atoms with Gasteiger partial charge in [-0.1, -0.05) is 12.1 Å². The topological polar surface area (TPSA) is 86.5 Å². The number of hydrogen-bond donors (Lipinski definition) is 3. The van der Waals surface area contributed by atoms with Crippen molar-refractivity contribution < 1.29 is 9.18 Å². The number of nitrogens with one attached hydrogen (secondary N) is 3. The fourth-order valence-corrected chi connectivity index (χ4v) is 2.56. The minimum Gasteiger partial charge on any atom is -0.343 e. The van der Waals surface area contributed by atoms with E-state index in [4.69, 9.17) is 0 Å². The number of para-hydroxylation sites is 2. The van der Waals surface area contributed by atoms with E-state index >= 15 is 0 Å². The molecule has 0 aliphatic carbocycles. The van der Waals surface area contributed by atoms with E-state index < -0.39 is 0 Å². The number of imidazole rings is 1. The molecule has 3 N–H and O–H groups in total. The summed E-state index contributed by atoms with van der Waals surface area (Å²) in [7, 11) is 0. The Morgan fingerprint density at radius 3 is 2.72 bits per heavy atom. The van der Waals surface area contributed by atoms with Gasteiger partial charge in [0.2, 0.25) is 0 Å². The van der Waals surface area contributed by atoms with Crippen LogP contribution in [0.1, 0.15) is 16.3 Å². The lowest BCUT2D eigenvalue weighted by atomic mass is 10.1. The normalized spacial score (nSPS) is 10.9. The Hall–Kier alpha value is -3.48. The molecule has 124 valence electrons. The van der Waals surface area contributed by atoms with Gasteiger partial charge in [-0.25, -0.2) is 9.37 Å². The van der Waals surface area contributed by atoms with E-state index in [1.165, 1.54) is 12.1 Å². The number of aromatic nitrogens is 4. The molecule has 25 heavy (non-hydrogen) atoms. The van der Waals surface area contributed by atoms with E-state index in [2.05, 4.69) is 25.5 Å². The number of carbonyl (C=O) groups is 1. The molecule has 0 aliphatic rings. The van der Waals surface area contributed by atoms with Gasteiger partial charge in [0.25, 0.3) is 5.91 Å². The molecule has 0 aliphatic heterocycles. The lowest BCUT2D eigenvalue weighted by molar-refractivity contribution is 0.0945. The molecule has 0 bridgehead atoms. The van der Waals surface area contributed by atoms with Crippen LogP contribution in [0.3, 0.4) is 0 Å². The predicted molar refractivity (Wildman–Crippen MR) is 91.2 cm³/mol. The maximum absolute atomic E-state index is 13.0. The molecule has 4 rings (SSSR count). The molecule has 0 spiro atoms. The summed E-state index contributed by atoms with van der Waals surface area (Å²) in [5, 5.41) is 9.58. The Morgan fingerprint density at radius 1 is 1.12 bits per heavy atom. The average Bonchev–Trinajstić information content (AvgIpc) is 3.27. The number of halogens is 1. The van der Waals surface area contributed by atoms with Crippen molar-refractivity contribution in [3.63, 3.8) is 0 Å². The monoisotopic (exact) mass is 335 g/mol. The maximum Gasteiger partial charge on any atom is 0.269 e. The van der Waals surface area contributed by atoms with E-state index in [0.717, 1.165) is 16.6 Å². The molecule has 0 atom stereocenters. The van der Waals surface area contributed by atoms with Gasteiger partial charge in [-0.05, 0) is 42.5 Å². The Morgan fingerprint density at radius 2 is 1.92 bits per heavy atom. The fraction of sp³-hybridized carbons (Fsp3) is 0.0556. The summed E-state index contributed by atoms with van der Waals surface area (Å²) in [6, 6.07) is 15.2. The molecule has 1 amide bonds. The van der Waals surface area contributed by atoms with E-state index in [9.17, 15) is 9.18 Å². The number of hydrogen-bond acceptors (Lipinski definition) is 3. The highest BCUT2D eigenvalue weighted by molar-refractivity contribution is 5.93. The summed E-state index contributed by atoms with van der Waals surface area (Å²) in [4.78, 5) is 19.8. The first-order chi connectivity index (χ1) is 12.2. The SMILES string of the molecule is O=C(NCc1nc2ccccc2[nH]1)c1cc(-c2ccc(F)cc2)n[nH]1. The minimum atomic E-state index is -0.317. The largest absolute Gasteiger partial charge is 0.343 e. The van der Waals surface area contributed by atoms with Crippen molar-refractivity contribution in [1.29, 1.82) is 0 Å². The quantitative estimate of drug-likeness (QED) is 0.536. The Bertz CT molecular complexity index is 1000. The molecule has 0 saturated carbocycles. The van der Waals surface area contributed by atoms with Crippen LogP contribution in [0.5, 0.6) is 0 Å². The first-order valence-electron chi connectivity index (χ1n) is 7.72. The van der Waals surface area contributed by atoms with E-state index in [1.807, 2.05) is 24.3 Å². The molecular weight excluding hydrogens is 321 g/mol. The van der Waals surface area contributed by atoms with Crippen molar-refractivity contribution in [2.45, 2.75) is 6.54 Å². The Labute approximate surface area is 142 Å². The predicted octanol–water partition coefficient (Wildman–Crippen LogP) is 3.02. The standard InChI is InChI=1S/C18H14FN5O/c19-12-7-5-11(6-8-12)15-9-16(24-23-15)18(25)20-10-17-21-13-3-1-2-4-14(13)22-17/h1-9H,10H2,(H,20,25)(H,21,22)(H,23,24). The summed E-state index contributed by atoms with van der Waals surface area (Å²) in [6.07, 6.45) is 0. The third-order valence-electron chi connectivity index (χ3n) is 3.82. The average molecular weight is 335 g/mol. The zero-order valence-electron chi connectivity index (χ0n) is 13.1. The summed E-state index contributed by atoms with van der Waals surface area (Å²) >= 11 is 0. The van der Waals surface area contributed by atoms with Crippen molar-refractivity contribution in [3.05, 3.63) is 71.9 Å². The van der Waals surface area contributed by atoms with Gasteiger partial charge in [-0.2, -0.15) is 5.10 Å². The fourth-order valence-electron chi connectivity index (χ4n) is 2.56. The highest BCUT2D eigenvalue weighted by Crippen LogP contribution is 2.18. The second-order valence-corrected chi connectivity index (χ2v) is 5.56. The van der Waals surface area contributed by atoms with Crippen LogP contribution >= 0.6 is 0 Å². The molecule has 0 radical (unpaired) electrons. The zero-order valence-corrected chi connectivity index (χ0v) is 13.1. The molecule has 6 nitrogen and oxygen atoms in total. The molecule has 2 heterocycles. The number of fused-ring (bicyclic) bond motifs is 1. The van der Waals surface area contributed by atoms with E-state index in [-0.39, 0.29) is 18.3 Å². The summed E-state index contributed by atoms with van der Waals surface area (Å²) in [5.74, 6) is 0.0669. The first-order valence-corrected chi connectivity index (χ1v) is 7.72. The van der Waals surface area contributed by atoms with Crippen molar-refractivity contribution in [2.24, 2.45) is 0 Å². The lowest BCUT2D eigenvalue weighted by Crippen LogP contribution is -2.23. The second-order valence-electron chi connectivity index (χ2n) is 5.56. The number of carbonyl (C=O) groups excluding carboxylic acids is 1. The number of H-pyrrole nitrogens is 2. The van der Waals surface area contributed by atoms with Crippen molar-refractivity contribution in [3.8, 4) is 11.3 Å². The summed E-state index contributed by atoms with van der Waals surface area (Å²) in [6.45, 7) is 0.276. The molecule has 4 aromatic rings. The number of rotatable bonds is 4. The highest BCUT2D eigenvalue weighted by atomic mass is 19.1. The van der Waals surface area contributed by atoms with Crippen LogP contribution in [0.4, 0.5) is 4.39 Å². The van der Waals surface area contributed by atoms with Gasteiger partial charge in [0.05, 0.1) is 23.3 Å². The smallest absolute Gasteiger partial charge is 0.269 e. The summed E-state index contributed by atoms with van der Waals surface area (Å²) < 4.78 is 13.0. The van der Waals surface area contributed by atoms with Crippen LogP contribution in [-0.4, -0.2) is 26.1 Å². The van der Waals surface area contributed by atoms with Crippen LogP contribution in [-0.2, 0) is 6.54 Å². The van der Waals surface area contributed by atoms with Crippen LogP contribution in [0, 0.1) is 5.82 Å². The van der Waals surface area contributed by atoms with E-state index in [0.29, 0.717) is 17.2 Å². The Kier molecular flexibility index (Phi) is 3.74. The molecular formula is C18H14FN5O. The van der Waals surface area contributed by atoms with Crippen molar-refractivity contribution >= 4 is 16.9 Å². The molecule has 0 fully saturated rings. The lowest BCUT2D eigenvalue weighted by Gasteiger charge is -2.00. The molecule has 0 saturated heterocycles. The number of benzene rings is 2. The third-order valence-corrected chi connectivity index (χ3v) is 3.82. The second kappa shape index (κ2) is 6.20. The molecule has 7 heteroatoms. The highest BCUT2D eigenvalue weighted by Gasteiger charge is 2.12. The molecule has 2 aromatic carbocycles. The number of nitrogens with zero attached hydrogens (tertiary/aromatic N) is 2. The number of aromatic amines is 2. The summed E-state index contributed by atoms with van der Waals surface area (Å²) in [5.41, 5.74) is 3.41. The zero-order chi connectivity index (χ0) is 17.2. The van der Waals surface area contributed by atoms with Gasteiger partial charge in [0.1, 0.15) is 17.3 Å². The van der Waals surface area contributed by atoms with Crippen molar-refractivity contribution in [2.75, 3.05) is 0 Å². The van der Waals surface area contributed by atoms with Crippen LogP contribution in [0.15, 0.2) is 54.6 Å². The van der Waals surface area contributed by atoms with Gasteiger partial charge in [-0.15, -0.1) is 0 Å². The Balaban J connectivity index is 1.45. The molecule has 0 unspecified atom stereocenters. The first kappa shape index (κ1) is 15.1. The van der Waals surface area contributed by atoms with Gasteiger partial charge < -0.3 is 10.3 Å². The van der Waals surface area contributed by atoms with Gasteiger partial charge in [0, 0.05) is 5.56 Å². The maximum atomic E-state index is 13.0. The van der Waals surface area contributed by atoms with E-state index in [1.54, 1.807) is 18.2 Å². The van der Waals surface area contributed by atoms with Crippen LogP contribution < -0.4 is 5.32 Å². The van der Waals surface area contributed by atoms with Gasteiger partial charge >= 0.3 is 0 Å². The molecule has 2 aromatic heterocycles. The van der Waals surface area contributed by atoms with Gasteiger partial charge in [-0.3, -0.25) is 9.89 Å². The van der Waals surface area contributed by atoms with Crippen LogP contribution in [0.25, 0.3) is 22.3 Å². The number of amides is 1. The third kappa shape index (κ3) is 3.12.